The predicted octanol–water partition coefficient (Wildman–Crippen LogP) is 1.59. The summed E-state index contributed by atoms with van der Waals surface area (Å²) in [5.41, 5.74) is 5.07. The minimum atomic E-state index is -0.544. The zero-order valence-electron chi connectivity index (χ0n) is 7.27. The number of nitrogens with two attached hydrogens (primary N) is 1. The van der Waals surface area contributed by atoms with Gasteiger partial charge in [0.25, 0.3) is 0 Å². The number of nitro groups is 1. The Balaban J connectivity index is 3.02. The third-order valence-electron chi connectivity index (χ3n) is 1.51. The Labute approximate surface area is 85.6 Å². The number of hydrogen-bond donors (Lipinski definition) is 1. The second-order valence-electron chi connectivity index (χ2n) is 2.48. The van der Waals surface area contributed by atoms with Crippen molar-refractivity contribution in [1.82, 2.24) is 0 Å². The topological polar surface area (TPSA) is 78.4 Å². The molecule has 0 atom stereocenters. The largest absolute Gasteiger partial charge is 0.484 e. The third kappa shape index (κ3) is 2.34. The Morgan fingerprint density at radius 3 is 2.86 bits per heavy atom. The van der Waals surface area contributed by atoms with Crippen LogP contribution >= 0.6 is 11.6 Å². The molecule has 1 rings (SSSR count). The van der Waals surface area contributed by atoms with Crippen LogP contribution in [0.4, 0.5) is 5.69 Å². The van der Waals surface area contributed by atoms with Crippen LogP contribution in [0.1, 0.15) is 0 Å². The van der Waals surface area contributed by atoms with Crippen LogP contribution in [0.25, 0.3) is 0 Å². The van der Waals surface area contributed by atoms with E-state index in [1.54, 1.807) is 0 Å². The molecule has 0 aliphatic rings. The first-order valence-electron chi connectivity index (χ1n) is 3.92. The Kier molecular flexibility index (Phi) is 3.67. The van der Waals surface area contributed by atoms with Crippen molar-refractivity contribution in [1.29, 1.82) is 0 Å². The monoisotopic (exact) mass is 216 g/mol. The van der Waals surface area contributed by atoms with Gasteiger partial charge in [0, 0.05) is 12.6 Å². The first-order chi connectivity index (χ1) is 6.66. The number of rotatable bonds is 4. The van der Waals surface area contributed by atoms with Crippen LogP contribution in [0.3, 0.4) is 0 Å². The molecule has 6 heteroatoms. The maximum atomic E-state index is 10.6. The number of benzene rings is 1. The van der Waals surface area contributed by atoms with Gasteiger partial charge in [-0.1, -0.05) is 17.7 Å². The summed E-state index contributed by atoms with van der Waals surface area (Å²) in [6.45, 7) is 0.479. The lowest BCUT2D eigenvalue weighted by Crippen LogP contribution is -2.11. The van der Waals surface area contributed by atoms with E-state index >= 15 is 0 Å². The van der Waals surface area contributed by atoms with Crippen molar-refractivity contribution in [3.05, 3.63) is 33.3 Å². The van der Waals surface area contributed by atoms with Gasteiger partial charge in [0.15, 0.2) is 0 Å². The minimum Gasteiger partial charge on any atom is -0.484 e. The minimum absolute atomic E-state index is 0.0737. The van der Waals surface area contributed by atoms with Crippen LogP contribution in [0, 0.1) is 10.1 Å². The molecule has 5 nitrogen and oxygen atoms in total. The van der Waals surface area contributed by atoms with Gasteiger partial charge in [-0.2, -0.15) is 0 Å². The standard InChI is InChI=1S/C8H9ClN2O3/c9-6-2-1-3-7(11(12)13)8(6)14-5-4-10/h1-3H,4-5,10H2. The van der Waals surface area contributed by atoms with Crippen LogP contribution in [0.5, 0.6) is 5.75 Å². The Morgan fingerprint density at radius 2 is 2.29 bits per heavy atom. The second kappa shape index (κ2) is 4.78. The lowest BCUT2D eigenvalue weighted by Gasteiger charge is -2.06. The van der Waals surface area contributed by atoms with Crippen molar-refractivity contribution in [2.24, 2.45) is 5.73 Å². The molecule has 0 aliphatic heterocycles. The van der Waals surface area contributed by atoms with Crippen molar-refractivity contribution in [2.75, 3.05) is 13.2 Å². The van der Waals surface area contributed by atoms with Crippen LogP contribution < -0.4 is 10.5 Å². The smallest absolute Gasteiger partial charge is 0.312 e. The van der Waals surface area contributed by atoms with Gasteiger partial charge in [0.2, 0.25) is 5.75 Å². The van der Waals surface area contributed by atoms with Crippen LogP contribution in [-0.2, 0) is 0 Å². The lowest BCUT2D eigenvalue weighted by atomic mass is 10.3. The van der Waals surface area contributed by atoms with E-state index in [0.29, 0.717) is 0 Å². The molecule has 0 radical (unpaired) electrons. The molecule has 0 bridgehead atoms. The fourth-order valence-corrected chi connectivity index (χ4v) is 1.17. The molecule has 2 N–H and O–H groups in total. The maximum Gasteiger partial charge on any atom is 0.312 e. The summed E-state index contributed by atoms with van der Waals surface area (Å²) in [5, 5.41) is 10.8. The zero-order chi connectivity index (χ0) is 10.6. The maximum absolute atomic E-state index is 10.6. The molecule has 0 fully saturated rings. The number of hydrogen-bond acceptors (Lipinski definition) is 4. The Bertz CT molecular complexity index is 343. The molecule has 0 saturated carbocycles. The van der Waals surface area contributed by atoms with E-state index in [0.717, 1.165) is 0 Å². The Morgan fingerprint density at radius 1 is 1.57 bits per heavy atom. The number of nitro benzene ring substituents is 1. The normalized spacial score (nSPS) is 9.86. The first kappa shape index (κ1) is 10.7. The number of para-hydroxylation sites is 1. The highest BCUT2D eigenvalue weighted by Crippen LogP contribution is 2.34. The van der Waals surface area contributed by atoms with Crippen molar-refractivity contribution >= 4 is 17.3 Å². The third-order valence-corrected chi connectivity index (χ3v) is 1.80. The van der Waals surface area contributed by atoms with Crippen molar-refractivity contribution in [3.63, 3.8) is 0 Å². The van der Waals surface area contributed by atoms with Gasteiger partial charge < -0.3 is 10.5 Å². The fraction of sp³-hybridized carbons (Fsp3) is 0.250. The second-order valence-corrected chi connectivity index (χ2v) is 2.89. The van der Waals surface area contributed by atoms with Gasteiger partial charge in [0.05, 0.1) is 9.95 Å². The average molecular weight is 217 g/mol. The van der Waals surface area contributed by atoms with E-state index in [2.05, 4.69) is 0 Å². The molecule has 0 spiro atoms. The van der Waals surface area contributed by atoms with Gasteiger partial charge >= 0.3 is 5.69 Å². The highest BCUT2D eigenvalue weighted by Gasteiger charge is 2.17. The van der Waals surface area contributed by atoms with Crippen LogP contribution in [-0.4, -0.2) is 18.1 Å². The predicted molar refractivity (Wildman–Crippen MR) is 52.7 cm³/mol. The van der Waals surface area contributed by atoms with Crippen LogP contribution in [0.2, 0.25) is 5.02 Å². The molecule has 0 heterocycles. The quantitative estimate of drug-likeness (QED) is 0.612. The molecule has 0 amide bonds. The highest BCUT2D eigenvalue weighted by atomic mass is 35.5. The zero-order valence-corrected chi connectivity index (χ0v) is 8.03. The van der Waals surface area contributed by atoms with Crippen molar-refractivity contribution in [2.45, 2.75) is 0 Å². The van der Waals surface area contributed by atoms with Crippen LogP contribution in [0.15, 0.2) is 18.2 Å². The highest BCUT2D eigenvalue weighted by molar-refractivity contribution is 6.32. The van der Waals surface area contributed by atoms with E-state index < -0.39 is 4.92 Å². The number of nitrogens with zero attached hydrogens (tertiary/aromatic N) is 1. The molecule has 1 aromatic rings. The SMILES string of the molecule is NCCOc1c(Cl)cccc1[N+](=O)[O-]. The van der Waals surface area contributed by atoms with E-state index in [4.69, 9.17) is 22.1 Å². The van der Waals surface area contributed by atoms with E-state index in [-0.39, 0.29) is 29.6 Å². The molecule has 0 unspecified atom stereocenters. The molecule has 1 aromatic carbocycles. The summed E-state index contributed by atoms with van der Waals surface area (Å²) >= 11 is 5.74. The summed E-state index contributed by atoms with van der Waals surface area (Å²) < 4.78 is 5.08. The summed E-state index contributed by atoms with van der Waals surface area (Å²) in [5.74, 6) is 0.0737. The molecule has 0 saturated heterocycles. The molecule has 14 heavy (non-hydrogen) atoms. The summed E-state index contributed by atoms with van der Waals surface area (Å²) in [4.78, 5) is 10.0. The van der Waals surface area contributed by atoms with E-state index in [9.17, 15) is 10.1 Å². The first-order valence-corrected chi connectivity index (χ1v) is 4.30. The Hall–Kier alpha value is -1.33. The van der Waals surface area contributed by atoms with Gasteiger partial charge in [0.1, 0.15) is 6.61 Å². The van der Waals surface area contributed by atoms with E-state index in [1.807, 2.05) is 0 Å². The number of halogens is 1. The average Bonchev–Trinajstić information content (AvgIpc) is 2.15. The molecular weight excluding hydrogens is 208 g/mol. The van der Waals surface area contributed by atoms with Gasteiger partial charge in [-0.05, 0) is 6.07 Å². The molecule has 0 aromatic heterocycles. The fourth-order valence-electron chi connectivity index (χ4n) is 0.945. The summed E-state index contributed by atoms with van der Waals surface area (Å²) in [7, 11) is 0. The van der Waals surface area contributed by atoms with Gasteiger partial charge in [-0.15, -0.1) is 0 Å². The molecule has 0 aliphatic carbocycles. The number of ether oxygens (including phenoxy) is 1. The molecular formula is C8H9ClN2O3. The van der Waals surface area contributed by atoms with Gasteiger partial charge in [-0.25, -0.2) is 0 Å². The summed E-state index contributed by atoms with van der Waals surface area (Å²) in [6.07, 6.45) is 0. The van der Waals surface area contributed by atoms with Crippen molar-refractivity contribution in [3.8, 4) is 5.75 Å². The van der Waals surface area contributed by atoms with Crippen molar-refractivity contribution < 1.29 is 9.66 Å². The summed E-state index contributed by atoms with van der Waals surface area (Å²) in [6, 6.07) is 4.36. The van der Waals surface area contributed by atoms with E-state index in [1.165, 1.54) is 18.2 Å². The van der Waals surface area contributed by atoms with Gasteiger partial charge in [-0.3, -0.25) is 10.1 Å². The lowest BCUT2D eigenvalue weighted by molar-refractivity contribution is -0.385. The molecule has 76 valence electrons.